The number of hydrogen-bond donors (Lipinski definition) is 7. The predicted octanol–water partition coefficient (Wildman–Crippen LogP) is -3.12. The third-order valence-corrected chi connectivity index (χ3v) is 3.54. The van der Waals surface area contributed by atoms with E-state index in [1.54, 1.807) is 0 Å². The number of primary amides is 1. The van der Waals surface area contributed by atoms with E-state index < -0.39 is 73.1 Å². The van der Waals surface area contributed by atoms with Gasteiger partial charge in [-0.15, -0.1) is 0 Å². The molecule has 13 heteroatoms. The average molecular weight is 417 g/mol. The maximum atomic E-state index is 12.2. The van der Waals surface area contributed by atoms with Crippen molar-refractivity contribution in [3.05, 3.63) is 0 Å². The Hall–Kier alpha value is -3.22. The lowest BCUT2D eigenvalue weighted by Crippen LogP contribution is -2.54. The number of nitrogens with one attached hydrogen (secondary N) is 3. The first-order valence-corrected chi connectivity index (χ1v) is 8.69. The van der Waals surface area contributed by atoms with Crippen molar-refractivity contribution in [2.75, 3.05) is 6.54 Å². The van der Waals surface area contributed by atoms with Crippen molar-refractivity contribution < 1.29 is 39.0 Å². The zero-order valence-electron chi connectivity index (χ0n) is 16.1. The van der Waals surface area contributed by atoms with Crippen LogP contribution in [0.15, 0.2) is 0 Å². The lowest BCUT2D eigenvalue weighted by molar-refractivity contribution is -0.143. The molecule has 3 atom stereocenters. The number of rotatable bonds is 13. The number of nitrogens with two attached hydrogens (primary N) is 2. The monoisotopic (exact) mass is 417 g/mol. The van der Waals surface area contributed by atoms with Gasteiger partial charge in [-0.05, 0) is 12.3 Å². The van der Waals surface area contributed by atoms with Gasteiger partial charge in [-0.1, -0.05) is 13.8 Å². The van der Waals surface area contributed by atoms with Gasteiger partial charge in [0.1, 0.15) is 12.1 Å². The highest BCUT2D eigenvalue weighted by Gasteiger charge is 2.27. The van der Waals surface area contributed by atoms with Crippen LogP contribution in [0, 0.1) is 5.92 Å². The summed E-state index contributed by atoms with van der Waals surface area (Å²) < 4.78 is 0. The third-order valence-electron chi connectivity index (χ3n) is 3.54. The SMILES string of the molecule is CC(C)CC(N)C(=O)NC(CC(=O)O)C(=O)NCC(=O)NC(CC(N)=O)C(=O)O. The van der Waals surface area contributed by atoms with E-state index in [1.807, 2.05) is 19.2 Å². The minimum atomic E-state index is -1.58. The van der Waals surface area contributed by atoms with Gasteiger partial charge in [0.15, 0.2) is 0 Å². The van der Waals surface area contributed by atoms with Crippen LogP contribution >= 0.6 is 0 Å². The number of carboxylic acid groups (broad SMARTS) is 2. The minimum Gasteiger partial charge on any atom is -0.481 e. The molecule has 13 nitrogen and oxygen atoms in total. The summed E-state index contributed by atoms with van der Waals surface area (Å²) >= 11 is 0. The summed E-state index contributed by atoms with van der Waals surface area (Å²) in [5, 5.41) is 24.1. The van der Waals surface area contributed by atoms with E-state index in [9.17, 15) is 28.8 Å². The number of hydrogen-bond acceptors (Lipinski definition) is 7. The highest BCUT2D eigenvalue weighted by atomic mass is 16.4. The van der Waals surface area contributed by atoms with Crippen LogP contribution in [0.25, 0.3) is 0 Å². The molecular weight excluding hydrogens is 390 g/mol. The molecule has 0 bridgehead atoms. The summed E-state index contributed by atoms with van der Waals surface area (Å²) in [6.45, 7) is 2.94. The van der Waals surface area contributed by atoms with E-state index in [-0.39, 0.29) is 5.92 Å². The molecule has 0 spiro atoms. The maximum Gasteiger partial charge on any atom is 0.326 e. The highest BCUT2D eigenvalue weighted by Crippen LogP contribution is 2.04. The lowest BCUT2D eigenvalue weighted by atomic mass is 10.0. The molecule has 9 N–H and O–H groups in total. The number of amides is 4. The normalized spacial score (nSPS) is 13.7. The summed E-state index contributed by atoms with van der Waals surface area (Å²) in [6.07, 6.45) is -1.10. The van der Waals surface area contributed by atoms with Crippen molar-refractivity contribution in [1.82, 2.24) is 16.0 Å². The Kier molecular flexibility index (Phi) is 10.9. The largest absolute Gasteiger partial charge is 0.481 e. The van der Waals surface area contributed by atoms with Crippen LogP contribution in [-0.4, -0.2) is 70.5 Å². The Morgan fingerprint density at radius 1 is 0.897 bits per heavy atom. The number of carbonyl (C=O) groups is 6. The molecule has 0 aliphatic rings. The van der Waals surface area contributed by atoms with Crippen LogP contribution in [0.4, 0.5) is 0 Å². The fourth-order valence-electron chi connectivity index (χ4n) is 2.21. The topological polar surface area (TPSA) is 231 Å². The Labute approximate surface area is 166 Å². The van der Waals surface area contributed by atoms with Gasteiger partial charge in [-0.3, -0.25) is 24.0 Å². The molecule has 0 aliphatic heterocycles. The van der Waals surface area contributed by atoms with Crippen molar-refractivity contribution in [3.63, 3.8) is 0 Å². The molecule has 164 valence electrons. The maximum absolute atomic E-state index is 12.2. The van der Waals surface area contributed by atoms with Gasteiger partial charge < -0.3 is 37.6 Å². The molecule has 3 unspecified atom stereocenters. The Morgan fingerprint density at radius 3 is 1.93 bits per heavy atom. The summed E-state index contributed by atoms with van der Waals surface area (Å²) in [4.78, 5) is 68.7. The van der Waals surface area contributed by atoms with Crippen LogP contribution in [-0.2, 0) is 28.8 Å². The fourth-order valence-corrected chi connectivity index (χ4v) is 2.21. The zero-order chi connectivity index (χ0) is 22.7. The molecule has 0 fully saturated rings. The minimum absolute atomic E-state index is 0.0915. The van der Waals surface area contributed by atoms with Crippen LogP contribution in [0.5, 0.6) is 0 Å². The van der Waals surface area contributed by atoms with E-state index in [2.05, 4.69) is 10.6 Å². The van der Waals surface area contributed by atoms with E-state index in [4.69, 9.17) is 21.7 Å². The van der Waals surface area contributed by atoms with E-state index in [0.29, 0.717) is 6.42 Å². The number of carbonyl (C=O) groups excluding carboxylic acids is 4. The first-order chi connectivity index (χ1) is 13.3. The van der Waals surface area contributed by atoms with Gasteiger partial charge in [-0.25, -0.2) is 4.79 Å². The van der Waals surface area contributed by atoms with Crippen molar-refractivity contribution in [2.24, 2.45) is 17.4 Å². The van der Waals surface area contributed by atoms with E-state index in [0.717, 1.165) is 0 Å². The third kappa shape index (κ3) is 11.3. The molecule has 0 aromatic rings. The van der Waals surface area contributed by atoms with Crippen LogP contribution in [0.2, 0.25) is 0 Å². The second-order valence-electron chi connectivity index (χ2n) is 6.74. The summed E-state index contributed by atoms with van der Waals surface area (Å²) in [7, 11) is 0. The Balaban J connectivity index is 4.87. The van der Waals surface area contributed by atoms with Gasteiger partial charge in [0.2, 0.25) is 23.6 Å². The summed E-state index contributed by atoms with van der Waals surface area (Å²) in [5.41, 5.74) is 10.6. The van der Waals surface area contributed by atoms with Gasteiger partial charge in [0.05, 0.1) is 25.4 Å². The molecule has 29 heavy (non-hydrogen) atoms. The Morgan fingerprint density at radius 2 is 1.48 bits per heavy atom. The summed E-state index contributed by atoms with van der Waals surface area (Å²) in [5.74, 6) is -6.40. The van der Waals surface area contributed by atoms with Crippen LogP contribution in [0.3, 0.4) is 0 Å². The second kappa shape index (κ2) is 12.3. The first-order valence-electron chi connectivity index (χ1n) is 8.69. The van der Waals surface area contributed by atoms with Crippen molar-refractivity contribution >= 4 is 35.6 Å². The summed E-state index contributed by atoms with van der Waals surface area (Å²) in [6, 6.07) is -4.03. The van der Waals surface area contributed by atoms with Gasteiger partial charge in [0.25, 0.3) is 0 Å². The van der Waals surface area contributed by atoms with Crippen LogP contribution in [0.1, 0.15) is 33.1 Å². The fraction of sp³-hybridized carbons (Fsp3) is 0.625. The highest BCUT2D eigenvalue weighted by molar-refractivity contribution is 5.94. The van der Waals surface area contributed by atoms with E-state index >= 15 is 0 Å². The molecule has 0 aromatic carbocycles. The molecule has 0 saturated carbocycles. The standard InChI is InChI=1S/C16H27N5O8/c1-7(2)3-8(17)14(26)21-9(5-13(24)25)15(27)19-6-12(23)20-10(16(28)29)4-11(18)22/h7-10H,3-6,17H2,1-2H3,(H2,18,22)(H,19,27)(H,20,23)(H,21,26)(H,24,25)(H,28,29). The molecule has 0 aromatic heterocycles. The Bertz CT molecular complexity index is 651. The smallest absolute Gasteiger partial charge is 0.326 e. The van der Waals surface area contributed by atoms with Gasteiger partial charge in [-0.2, -0.15) is 0 Å². The second-order valence-corrected chi connectivity index (χ2v) is 6.74. The molecule has 0 aliphatic carbocycles. The molecule has 0 radical (unpaired) electrons. The molecule has 0 heterocycles. The van der Waals surface area contributed by atoms with Gasteiger partial charge in [0, 0.05) is 0 Å². The van der Waals surface area contributed by atoms with Crippen molar-refractivity contribution in [2.45, 2.75) is 51.2 Å². The number of aliphatic carboxylic acids is 2. The quantitative estimate of drug-likeness (QED) is 0.160. The molecule has 0 rings (SSSR count). The number of carboxylic acids is 2. The average Bonchev–Trinajstić information content (AvgIpc) is 2.56. The van der Waals surface area contributed by atoms with Crippen molar-refractivity contribution in [3.8, 4) is 0 Å². The predicted molar refractivity (Wildman–Crippen MR) is 98.0 cm³/mol. The molecular formula is C16H27N5O8. The molecule has 0 saturated heterocycles. The van der Waals surface area contributed by atoms with Gasteiger partial charge >= 0.3 is 11.9 Å². The van der Waals surface area contributed by atoms with E-state index in [1.165, 1.54) is 0 Å². The first kappa shape index (κ1) is 25.8. The zero-order valence-corrected chi connectivity index (χ0v) is 16.1. The lowest BCUT2D eigenvalue weighted by Gasteiger charge is -2.20. The molecule has 4 amide bonds. The van der Waals surface area contributed by atoms with Crippen LogP contribution < -0.4 is 27.4 Å². The van der Waals surface area contributed by atoms with Crippen molar-refractivity contribution in [1.29, 1.82) is 0 Å².